The summed E-state index contributed by atoms with van der Waals surface area (Å²) in [6.07, 6.45) is 0.870. The van der Waals surface area contributed by atoms with Crippen molar-refractivity contribution in [1.82, 2.24) is 0 Å². The number of carbonyl (C=O) groups is 2. The molecule has 2 fully saturated rings. The van der Waals surface area contributed by atoms with Gasteiger partial charge in [0.2, 0.25) is 11.8 Å². The Morgan fingerprint density at radius 3 is 1.93 bits per heavy atom. The normalized spacial score (nSPS) is 21.8. The third-order valence-electron chi connectivity index (χ3n) is 6.51. The molecule has 3 aromatic carbocycles. The summed E-state index contributed by atoms with van der Waals surface area (Å²) in [6, 6.07) is 27.4. The Balaban J connectivity index is 1.56. The molecule has 2 aliphatic rings. The summed E-state index contributed by atoms with van der Waals surface area (Å²) in [5.41, 5.74) is 1.58. The zero-order valence-corrected chi connectivity index (χ0v) is 16.9. The first-order valence-electron chi connectivity index (χ1n) is 10.3. The Morgan fingerprint density at radius 1 is 0.833 bits per heavy atom. The number of nitrogens with zero attached hydrogens (tertiary/aromatic N) is 1. The fraction of sp³-hybridized carbons (Fsp3) is 0.231. The van der Waals surface area contributed by atoms with Crippen LogP contribution < -0.4 is 9.64 Å². The van der Waals surface area contributed by atoms with Crippen LogP contribution in [0, 0.1) is 5.41 Å². The number of anilines is 1. The van der Waals surface area contributed by atoms with Gasteiger partial charge in [-0.3, -0.25) is 14.5 Å². The maximum Gasteiger partial charge on any atom is 0.241 e. The third-order valence-corrected chi connectivity index (χ3v) is 6.51. The number of carbonyl (C=O) groups excluding carboxylic acids is 2. The minimum Gasteiger partial charge on any atom is -0.494 e. The Kier molecular flexibility index (Phi) is 4.24. The highest BCUT2D eigenvalue weighted by molar-refractivity contribution is 6.25. The van der Waals surface area contributed by atoms with Crippen LogP contribution in [-0.2, 0) is 15.0 Å². The van der Waals surface area contributed by atoms with E-state index in [0.717, 1.165) is 16.9 Å². The molecule has 0 radical (unpaired) electrons. The molecule has 4 nitrogen and oxygen atoms in total. The molecule has 1 saturated carbocycles. The molecule has 3 aromatic rings. The first-order valence-corrected chi connectivity index (χ1v) is 10.3. The van der Waals surface area contributed by atoms with E-state index in [9.17, 15) is 9.59 Å². The van der Waals surface area contributed by atoms with Gasteiger partial charge in [-0.1, -0.05) is 60.7 Å². The lowest BCUT2D eigenvalue weighted by atomic mass is 9.79. The molecule has 0 aromatic heterocycles. The number of ether oxygens (including phenoxy) is 1. The van der Waals surface area contributed by atoms with Crippen molar-refractivity contribution in [3.05, 3.63) is 96.1 Å². The van der Waals surface area contributed by atoms with Crippen molar-refractivity contribution in [2.24, 2.45) is 5.41 Å². The maximum atomic E-state index is 13.7. The molecule has 0 bridgehead atoms. The smallest absolute Gasteiger partial charge is 0.241 e. The number of benzene rings is 3. The monoisotopic (exact) mass is 397 g/mol. The van der Waals surface area contributed by atoms with E-state index in [0.29, 0.717) is 18.7 Å². The van der Waals surface area contributed by atoms with Crippen LogP contribution in [0.4, 0.5) is 5.69 Å². The van der Waals surface area contributed by atoms with Crippen molar-refractivity contribution in [3.8, 4) is 5.75 Å². The van der Waals surface area contributed by atoms with Gasteiger partial charge in [-0.25, -0.2) is 0 Å². The summed E-state index contributed by atoms with van der Waals surface area (Å²) in [5, 5.41) is 0. The lowest BCUT2D eigenvalue weighted by Crippen LogP contribution is -2.33. The van der Waals surface area contributed by atoms with Crippen LogP contribution >= 0.6 is 0 Å². The van der Waals surface area contributed by atoms with Gasteiger partial charge >= 0.3 is 0 Å². The fourth-order valence-corrected chi connectivity index (χ4v) is 5.11. The summed E-state index contributed by atoms with van der Waals surface area (Å²) >= 11 is 0. The van der Waals surface area contributed by atoms with Gasteiger partial charge in [-0.15, -0.1) is 0 Å². The SMILES string of the molecule is CCOc1ccc(N2C(=O)CC3(CC3(c3ccccc3)c3ccccc3)C2=O)cc1. The highest BCUT2D eigenvalue weighted by Gasteiger charge is 2.77. The zero-order chi connectivity index (χ0) is 20.8. The van der Waals surface area contributed by atoms with E-state index in [2.05, 4.69) is 24.3 Å². The molecule has 1 aliphatic heterocycles. The third kappa shape index (κ3) is 2.53. The molecule has 2 amide bonds. The fourth-order valence-electron chi connectivity index (χ4n) is 5.11. The van der Waals surface area contributed by atoms with Gasteiger partial charge in [0.15, 0.2) is 0 Å². The second-order valence-corrected chi connectivity index (χ2v) is 8.03. The minimum absolute atomic E-state index is 0.107. The van der Waals surface area contributed by atoms with Crippen LogP contribution in [0.2, 0.25) is 0 Å². The summed E-state index contributed by atoms with van der Waals surface area (Å²) in [6.45, 7) is 2.49. The number of hydrogen-bond acceptors (Lipinski definition) is 3. The molecule has 1 spiro atoms. The number of hydrogen-bond donors (Lipinski definition) is 0. The summed E-state index contributed by atoms with van der Waals surface area (Å²) in [5.74, 6) is 0.478. The van der Waals surface area contributed by atoms with Crippen LogP contribution in [0.15, 0.2) is 84.9 Å². The average molecular weight is 397 g/mol. The van der Waals surface area contributed by atoms with Crippen LogP contribution in [0.5, 0.6) is 5.75 Å². The minimum atomic E-state index is -0.731. The van der Waals surface area contributed by atoms with Crippen LogP contribution in [0.3, 0.4) is 0 Å². The van der Waals surface area contributed by atoms with Crippen LogP contribution in [0.1, 0.15) is 30.9 Å². The zero-order valence-electron chi connectivity index (χ0n) is 16.9. The van der Waals surface area contributed by atoms with Gasteiger partial charge in [0.25, 0.3) is 0 Å². The molecule has 150 valence electrons. The van der Waals surface area contributed by atoms with E-state index >= 15 is 0 Å². The Hall–Kier alpha value is -3.40. The average Bonchev–Trinajstić information content (AvgIpc) is 3.39. The molecule has 1 unspecified atom stereocenters. The second-order valence-electron chi connectivity index (χ2n) is 8.03. The van der Waals surface area contributed by atoms with Gasteiger partial charge in [-0.2, -0.15) is 0 Å². The largest absolute Gasteiger partial charge is 0.494 e. The Labute approximate surface area is 176 Å². The first kappa shape index (κ1) is 18.6. The number of amides is 2. The van der Waals surface area contributed by atoms with Crippen molar-refractivity contribution in [3.63, 3.8) is 0 Å². The van der Waals surface area contributed by atoms with Crippen molar-refractivity contribution < 1.29 is 14.3 Å². The molecule has 0 N–H and O–H groups in total. The topological polar surface area (TPSA) is 46.6 Å². The van der Waals surface area contributed by atoms with Crippen molar-refractivity contribution in [1.29, 1.82) is 0 Å². The number of imide groups is 1. The van der Waals surface area contributed by atoms with E-state index < -0.39 is 10.8 Å². The van der Waals surface area contributed by atoms with Gasteiger partial charge in [-0.05, 0) is 48.7 Å². The molecule has 1 saturated heterocycles. The van der Waals surface area contributed by atoms with E-state index in [1.807, 2.05) is 43.3 Å². The summed E-state index contributed by atoms with van der Waals surface area (Å²) in [7, 11) is 0. The van der Waals surface area contributed by atoms with Gasteiger partial charge in [0.05, 0.1) is 17.7 Å². The Morgan fingerprint density at radius 2 is 1.40 bits per heavy atom. The van der Waals surface area contributed by atoms with Crippen LogP contribution in [-0.4, -0.2) is 18.4 Å². The lowest BCUT2D eigenvalue weighted by Gasteiger charge is -2.23. The molecule has 1 aliphatic carbocycles. The lowest BCUT2D eigenvalue weighted by molar-refractivity contribution is -0.123. The predicted molar refractivity (Wildman–Crippen MR) is 115 cm³/mol. The second kappa shape index (κ2) is 6.84. The predicted octanol–water partition coefficient (Wildman–Crippen LogP) is 4.73. The highest BCUT2D eigenvalue weighted by Crippen LogP contribution is 2.72. The molecule has 30 heavy (non-hydrogen) atoms. The van der Waals surface area contributed by atoms with Gasteiger partial charge in [0.1, 0.15) is 5.75 Å². The van der Waals surface area contributed by atoms with Crippen molar-refractivity contribution >= 4 is 17.5 Å². The highest BCUT2D eigenvalue weighted by atomic mass is 16.5. The molecular weight excluding hydrogens is 374 g/mol. The quantitative estimate of drug-likeness (QED) is 0.585. The Bertz CT molecular complexity index is 1050. The van der Waals surface area contributed by atoms with Gasteiger partial charge < -0.3 is 4.74 Å². The molecule has 1 atom stereocenters. The maximum absolute atomic E-state index is 13.7. The van der Waals surface area contributed by atoms with E-state index in [1.54, 1.807) is 24.3 Å². The van der Waals surface area contributed by atoms with Crippen molar-refractivity contribution in [2.45, 2.75) is 25.2 Å². The summed E-state index contributed by atoms with van der Waals surface area (Å²) < 4.78 is 5.49. The van der Waals surface area contributed by atoms with E-state index in [4.69, 9.17) is 4.74 Å². The molecule has 5 rings (SSSR count). The number of rotatable bonds is 5. The molecular formula is C26H23NO3. The first-order chi connectivity index (χ1) is 14.6. The standard InChI is InChI=1S/C26H23NO3/c1-2-30-22-15-13-21(14-16-22)27-23(28)17-25(24(27)29)18-26(25,19-9-5-3-6-10-19)20-11-7-4-8-12-20/h3-16H,2,17-18H2,1H3. The van der Waals surface area contributed by atoms with Gasteiger partial charge in [0, 0.05) is 11.8 Å². The molecule has 4 heteroatoms. The van der Waals surface area contributed by atoms with E-state index in [-0.39, 0.29) is 18.2 Å². The summed E-state index contributed by atoms with van der Waals surface area (Å²) in [4.78, 5) is 28.2. The van der Waals surface area contributed by atoms with Crippen LogP contribution in [0.25, 0.3) is 0 Å². The molecule has 1 heterocycles. The van der Waals surface area contributed by atoms with E-state index in [1.165, 1.54) is 4.90 Å². The van der Waals surface area contributed by atoms with Crippen molar-refractivity contribution in [2.75, 3.05) is 11.5 Å².